The maximum absolute atomic E-state index is 11.7. The van der Waals surface area contributed by atoms with Crippen molar-refractivity contribution in [3.8, 4) is 0 Å². The van der Waals surface area contributed by atoms with Crippen molar-refractivity contribution in [2.45, 2.75) is 65.3 Å². The van der Waals surface area contributed by atoms with Crippen LogP contribution in [0.1, 0.15) is 59.3 Å². The molecule has 1 rings (SSSR count). The van der Waals surface area contributed by atoms with E-state index in [1.165, 1.54) is 6.42 Å². The highest BCUT2D eigenvalue weighted by Crippen LogP contribution is 2.10. The van der Waals surface area contributed by atoms with E-state index in [2.05, 4.69) is 13.8 Å². The van der Waals surface area contributed by atoms with Crippen LogP contribution in [-0.2, 0) is 9.59 Å². The molecule has 4 nitrogen and oxygen atoms in total. The van der Waals surface area contributed by atoms with Crippen molar-refractivity contribution in [3.05, 3.63) is 0 Å². The monoisotopic (exact) mass is 256 g/mol. The van der Waals surface area contributed by atoms with Crippen molar-refractivity contribution in [2.75, 3.05) is 13.1 Å². The van der Waals surface area contributed by atoms with Gasteiger partial charge >= 0.3 is 0 Å². The summed E-state index contributed by atoms with van der Waals surface area (Å²) in [4.78, 5) is 25.0. The van der Waals surface area contributed by atoms with E-state index in [1.807, 2.05) is 6.92 Å². The van der Waals surface area contributed by atoms with E-state index in [0.717, 1.165) is 25.7 Å². The van der Waals surface area contributed by atoms with Gasteiger partial charge in [0.15, 0.2) is 0 Å². The predicted molar refractivity (Wildman–Crippen MR) is 74.3 cm³/mol. The first-order chi connectivity index (χ1) is 8.58. The third-order valence-corrected chi connectivity index (χ3v) is 2.79. The summed E-state index contributed by atoms with van der Waals surface area (Å²) >= 11 is 0. The van der Waals surface area contributed by atoms with Gasteiger partial charge in [-0.1, -0.05) is 33.6 Å². The number of carbonyl (C=O) groups excluding carboxylic acids is 2. The molecule has 106 valence electrons. The third-order valence-electron chi connectivity index (χ3n) is 2.79. The molecule has 1 unspecified atom stereocenters. The second kappa shape index (κ2) is 10.1. The average molecular weight is 256 g/mol. The van der Waals surface area contributed by atoms with Crippen molar-refractivity contribution >= 4 is 11.7 Å². The Hall–Kier alpha value is -0.900. The van der Waals surface area contributed by atoms with E-state index in [-0.39, 0.29) is 5.91 Å². The summed E-state index contributed by atoms with van der Waals surface area (Å²) < 4.78 is 0. The van der Waals surface area contributed by atoms with E-state index >= 15 is 0 Å². The van der Waals surface area contributed by atoms with Gasteiger partial charge in [-0.05, 0) is 25.7 Å². The summed E-state index contributed by atoms with van der Waals surface area (Å²) in [6, 6.07) is -0.607. The Labute approximate surface area is 111 Å². The van der Waals surface area contributed by atoms with Crippen LogP contribution in [0.4, 0.5) is 0 Å². The summed E-state index contributed by atoms with van der Waals surface area (Å²) in [6.45, 7) is 7.63. The molecule has 18 heavy (non-hydrogen) atoms. The molecular formula is C14H28N2O2. The predicted octanol–water partition coefficient (Wildman–Crippen LogP) is 2.11. The van der Waals surface area contributed by atoms with Crippen LogP contribution in [-0.4, -0.2) is 35.7 Å². The van der Waals surface area contributed by atoms with Gasteiger partial charge in [-0.25, -0.2) is 0 Å². The van der Waals surface area contributed by atoms with Crippen LogP contribution in [0, 0.1) is 0 Å². The molecular weight excluding hydrogens is 228 g/mol. The lowest BCUT2D eigenvalue weighted by Crippen LogP contribution is -2.46. The van der Waals surface area contributed by atoms with Crippen molar-refractivity contribution < 1.29 is 9.59 Å². The molecule has 1 amide bonds. The quantitative estimate of drug-likeness (QED) is 0.784. The number of ketones is 1. The summed E-state index contributed by atoms with van der Waals surface area (Å²) in [6.07, 6.45) is 5.83. The molecule has 1 heterocycles. The van der Waals surface area contributed by atoms with Crippen molar-refractivity contribution in [1.82, 2.24) is 4.90 Å². The SMILES string of the molecule is CCC.CCCC(N)C(=O)C(=O)N1CCCCC1. The van der Waals surface area contributed by atoms with Gasteiger partial charge in [0, 0.05) is 13.1 Å². The Morgan fingerprint density at radius 2 is 1.61 bits per heavy atom. The van der Waals surface area contributed by atoms with Crippen LogP contribution in [0.5, 0.6) is 0 Å². The number of likely N-dealkylation sites (tertiary alicyclic amines) is 1. The van der Waals surface area contributed by atoms with Gasteiger partial charge in [-0.3, -0.25) is 9.59 Å². The standard InChI is InChI=1S/C11H20N2O2.C3H8/c1-2-6-9(12)10(14)11(15)13-7-4-3-5-8-13;1-3-2/h9H,2-8,12H2,1H3;3H2,1-2H3. The molecule has 0 bridgehead atoms. The first-order valence-corrected chi connectivity index (χ1v) is 7.17. The number of hydrogen-bond acceptors (Lipinski definition) is 3. The zero-order chi connectivity index (χ0) is 14.0. The lowest BCUT2D eigenvalue weighted by Gasteiger charge is -2.26. The van der Waals surface area contributed by atoms with E-state index in [1.54, 1.807) is 4.90 Å². The smallest absolute Gasteiger partial charge is 0.291 e. The fraction of sp³-hybridized carbons (Fsp3) is 0.857. The van der Waals surface area contributed by atoms with Crippen LogP contribution in [0.2, 0.25) is 0 Å². The molecule has 0 spiro atoms. The summed E-state index contributed by atoms with van der Waals surface area (Å²) in [7, 11) is 0. The van der Waals surface area contributed by atoms with Crippen LogP contribution in [0.15, 0.2) is 0 Å². The maximum atomic E-state index is 11.7. The summed E-state index contributed by atoms with van der Waals surface area (Å²) in [5.41, 5.74) is 5.64. The number of amides is 1. The minimum Gasteiger partial charge on any atom is -0.336 e. The van der Waals surface area contributed by atoms with Gasteiger partial charge in [-0.2, -0.15) is 0 Å². The molecule has 0 aromatic rings. The number of nitrogens with zero attached hydrogens (tertiary/aromatic N) is 1. The highest BCUT2D eigenvalue weighted by Gasteiger charge is 2.27. The highest BCUT2D eigenvalue weighted by atomic mass is 16.2. The lowest BCUT2D eigenvalue weighted by atomic mass is 10.1. The van der Waals surface area contributed by atoms with Gasteiger partial charge in [0.05, 0.1) is 6.04 Å². The summed E-state index contributed by atoms with van der Waals surface area (Å²) in [5.74, 6) is -0.797. The fourth-order valence-electron chi connectivity index (χ4n) is 1.85. The molecule has 0 aromatic heterocycles. The molecule has 1 fully saturated rings. The molecule has 2 N–H and O–H groups in total. The van der Waals surface area contributed by atoms with Gasteiger partial charge < -0.3 is 10.6 Å². The van der Waals surface area contributed by atoms with Crippen molar-refractivity contribution in [2.24, 2.45) is 5.73 Å². The van der Waals surface area contributed by atoms with Gasteiger partial charge in [0.2, 0.25) is 5.78 Å². The number of nitrogens with two attached hydrogens (primary N) is 1. The zero-order valence-electron chi connectivity index (χ0n) is 12.1. The third kappa shape index (κ3) is 6.15. The molecule has 0 saturated carbocycles. The number of piperidine rings is 1. The molecule has 0 radical (unpaired) electrons. The van der Waals surface area contributed by atoms with E-state index in [9.17, 15) is 9.59 Å². The Kier molecular flexibility index (Phi) is 9.56. The number of carbonyl (C=O) groups is 2. The second-order valence-corrected chi connectivity index (χ2v) is 4.82. The summed E-state index contributed by atoms with van der Waals surface area (Å²) in [5, 5.41) is 0. The molecule has 0 aliphatic carbocycles. The van der Waals surface area contributed by atoms with Crippen LogP contribution >= 0.6 is 0 Å². The van der Waals surface area contributed by atoms with Crippen molar-refractivity contribution in [1.29, 1.82) is 0 Å². The van der Waals surface area contributed by atoms with E-state index in [4.69, 9.17) is 5.73 Å². The zero-order valence-corrected chi connectivity index (χ0v) is 12.1. The number of Topliss-reactive ketones (excluding diaryl/α,β-unsaturated/α-hetero) is 1. The molecule has 1 aliphatic rings. The van der Waals surface area contributed by atoms with Crippen LogP contribution in [0.3, 0.4) is 0 Å². The normalized spacial score (nSPS) is 16.6. The number of hydrogen-bond donors (Lipinski definition) is 1. The maximum Gasteiger partial charge on any atom is 0.291 e. The first-order valence-electron chi connectivity index (χ1n) is 7.17. The van der Waals surface area contributed by atoms with E-state index < -0.39 is 11.8 Å². The van der Waals surface area contributed by atoms with Crippen LogP contribution in [0.25, 0.3) is 0 Å². The van der Waals surface area contributed by atoms with E-state index in [0.29, 0.717) is 19.5 Å². The fourth-order valence-corrected chi connectivity index (χ4v) is 1.85. The second-order valence-electron chi connectivity index (χ2n) is 4.82. The minimum atomic E-state index is -0.607. The Morgan fingerprint density at radius 3 is 2.06 bits per heavy atom. The Balaban J connectivity index is 0.000000873. The molecule has 4 heteroatoms. The Bertz CT molecular complexity index is 248. The molecule has 1 saturated heterocycles. The lowest BCUT2D eigenvalue weighted by molar-refractivity contribution is -0.146. The molecule has 1 aliphatic heterocycles. The van der Waals surface area contributed by atoms with Gasteiger partial charge in [0.1, 0.15) is 0 Å². The average Bonchev–Trinajstić information content (AvgIpc) is 2.39. The van der Waals surface area contributed by atoms with Gasteiger partial charge in [0.25, 0.3) is 5.91 Å². The molecule has 1 atom stereocenters. The van der Waals surface area contributed by atoms with Crippen molar-refractivity contribution in [3.63, 3.8) is 0 Å². The minimum absolute atomic E-state index is 0.379. The van der Waals surface area contributed by atoms with Gasteiger partial charge in [-0.15, -0.1) is 0 Å². The largest absolute Gasteiger partial charge is 0.336 e. The number of rotatable bonds is 4. The topological polar surface area (TPSA) is 63.4 Å². The Morgan fingerprint density at radius 1 is 1.11 bits per heavy atom. The molecule has 0 aromatic carbocycles. The highest BCUT2D eigenvalue weighted by molar-refractivity contribution is 6.38. The first kappa shape index (κ1) is 17.1. The van der Waals surface area contributed by atoms with Crippen LogP contribution < -0.4 is 5.73 Å².